The number of hydrogen-bond acceptors (Lipinski definition) is 2. The van der Waals surface area contributed by atoms with E-state index in [-0.39, 0.29) is 11.8 Å². The lowest BCUT2D eigenvalue weighted by Gasteiger charge is -2.17. The van der Waals surface area contributed by atoms with Gasteiger partial charge in [0.2, 0.25) is 5.91 Å². The maximum absolute atomic E-state index is 12.0. The summed E-state index contributed by atoms with van der Waals surface area (Å²) in [5.74, 6) is 0.299. The zero-order chi connectivity index (χ0) is 12.7. The predicted molar refractivity (Wildman–Crippen MR) is 70.7 cm³/mol. The zero-order valence-electron chi connectivity index (χ0n) is 10.6. The van der Waals surface area contributed by atoms with Crippen LogP contribution in [0.3, 0.4) is 0 Å². The summed E-state index contributed by atoms with van der Waals surface area (Å²) < 4.78 is 0. The van der Waals surface area contributed by atoms with E-state index in [9.17, 15) is 4.79 Å². The van der Waals surface area contributed by atoms with Crippen molar-refractivity contribution in [2.24, 2.45) is 11.7 Å². The van der Waals surface area contributed by atoms with Gasteiger partial charge in [0.1, 0.15) is 0 Å². The second-order valence-electron chi connectivity index (χ2n) is 4.46. The van der Waals surface area contributed by atoms with Gasteiger partial charge in [-0.15, -0.1) is 0 Å². The number of hydrogen-bond donors (Lipinski definition) is 2. The largest absolute Gasteiger partial charge is 0.355 e. The molecule has 0 aliphatic carbocycles. The topological polar surface area (TPSA) is 55.1 Å². The van der Waals surface area contributed by atoms with Crippen LogP contribution in [-0.4, -0.2) is 19.0 Å². The SMILES string of the molecule is CCC(C)CNC(=O)C(CN)c1ccccc1. The molecule has 2 atom stereocenters. The number of nitrogens with two attached hydrogens (primary N) is 1. The number of benzene rings is 1. The van der Waals surface area contributed by atoms with Gasteiger partial charge in [0.15, 0.2) is 0 Å². The highest BCUT2D eigenvalue weighted by atomic mass is 16.1. The third-order valence-electron chi connectivity index (χ3n) is 3.08. The van der Waals surface area contributed by atoms with E-state index in [0.717, 1.165) is 18.5 Å². The number of rotatable bonds is 6. The van der Waals surface area contributed by atoms with Gasteiger partial charge in [0.05, 0.1) is 5.92 Å². The molecule has 3 heteroatoms. The van der Waals surface area contributed by atoms with Gasteiger partial charge in [-0.1, -0.05) is 50.6 Å². The lowest BCUT2D eigenvalue weighted by atomic mass is 9.98. The highest BCUT2D eigenvalue weighted by Gasteiger charge is 2.18. The fourth-order valence-corrected chi connectivity index (χ4v) is 1.62. The molecule has 0 fully saturated rings. The van der Waals surface area contributed by atoms with Crippen molar-refractivity contribution in [2.75, 3.05) is 13.1 Å². The van der Waals surface area contributed by atoms with Gasteiger partial charge in [-0.2, -0.15) is 0 Å². The zero-order valence-corrected chi connectivity index (χ0v) is 10.6. The van der Waals surface area contributed by atoms with Crippen molar-refractivity contribution in [2.45, 2.75) is 26.2 Å². The Morgan fingerprint density at radius 2 is 2.00 bits per heavy atom. The summed E-state index contributed by atoms with van der Waals surface area (Å²) in [5.41, 5.74) is 6.67. The first-order chi connectivity index (χ1) is 8.19. The number of amides is 1. The Hall–Kier alpha value is -1.35. The molecule has 94 valence electrons. The molecule has 0 aliphatic heterocycles. The van der Waals surface area contributed by atoms with Gasteiger partial charge in [-0.3, -0.25) is 4.79 Å². The van der Waals surface area contributed by atoms with Crippen molar-refractivity contribution in [3.05, 3.63) is 35.9 Å². The number of nitrogens with one attached hydrogen (secondary N) is 1. The minimum absolute atomic E-state index is 0.0269. The van der Waals surface area contributed by atoms with Crippen molar-refractivity contribution < 1.29 is 4.79 Å². The van der Waals surface area contributed by atoms with Crippen LogP contribution < -0.4 is 11.1 Å². The Kier molecular flexibility index (Phi) is 5.70. The van der Waals surface area contributed by atoms with Crippen LogP contribution in [0, 0.1) is 5.92 Å². The van der Waals surface area contributed by atoms with Crippen LogP contribution in [0.25, 0.3) is 0 Å². The van der Waals surface area contributed by atoms with Crippen LogP contribution >= 0.6 is 0 Å². The maximum Gasteiger partial charge on any atom is 0.228 e. The molecule has 1 amide bonds. The molecule has 0 saturated carbocycles. The van der Waals surface area contributed by atoms with Gasteiger partial charge in [0.25, 0.3) is 0 Å². The van der Waals surface area contributed by atoms with E-state index in [1.165, 1.54) is 0 Å². The molecule has 0 spiro atoms. The minimum atomic E-state index is -0.236. The van der Waals surface area contributed by atoms with Crippen LogP contribution in [0.1, 0.15) is 31.7 Å². The first kappa shape index (κ1) is 13.7. The lowest BCUT2D eigenvalue weighted by Crippen LogP contribution is -2.35. The second kappa shape index (κ2) is 7.07. The standard InChI is InChI=1S/C14H22N2O/c1-3-11(2)10-16-14(17)13(9-15)12-7-5-4-6-8-12/h4-8,11,13H,3,9-10,15H2,1-2H3,(H,16,17). The Balaban J connectivity index is 2.59. The summed E-state index contributed by atoms with van der Waals surface area (Å²) in [6.07, 6.45) is 1.07. The van der Waals surface area contributed by atoms with E-state index in [0.29, 0.717) is 12.5 Å². The molecular formula is C14H22N2O. The average molecular weight is 234 g/mol. The Labute approximate surface area is 103 Å². The van der Waals surface area contributed by atoms with Gasteiger partial charge < -0.3 is 11.1 Å². The summed E-state index contributed by atoms with van der Waals surface area (Å²) in [6.45, 7) is 5.31. The van der Waals surface area contributed by atoms with E-state index in [4.69, 9.17) is 5.73 Å². The summed E-state index contributed by atoms with van der Waals surface area (Å²) in [5, 5.41) is 2.96. The fraction of sp³-hybridized carbons (Fsp3) is 0.500. The number of carbonyl (C=O) groups is 1. The second-order valence-corrected chi connectivity index (χ2v) is 4.46. The third kappa shape index (κ3) is 4.19. The van der Waals surface area contributed by atoms with Crippen molar-refractivity contribution in [3.8, 4) is 0 Å². The van der Waals surface area contributed by atoms with Crippen LogP contribution in [0.4, 0.5) is 0 Å². The molecule has 2 unspecified atom stereocenters. The molecule has 0 aliphatic rings. The van der Waals surface area contributed by atoms with Crippen molar-refractivity contribution in [3.63, 3.8) is 0 Å². The van der Waals surface area contributed by atoms with Gasteiger partial charge in [-0.05, 0) is 11.5 Å². The molecule has 17 heavy (non-hydrogen) atoms. The molecule has 0 aromatic heterocycles. The quantitative estimate of drug-likeness (QED) is 0.789. The van der Waals surface area contributed by atoms with Gasteiger partial charge in [0, 0.05) is 13.1 Å². The molecule has 1 rings (SSSR count). The van der Waals surface area contributed by atoms with Crippen LogP contribution in [0.2, 0.25) is 0 Å². The van der Waals surface area contributed by atoms with Crippen LogP contribution in [-0.2, 0) is 4.79 Å². The molecule has 3 nitrogen and oxygen atoms in total. The molecule has 1 aromatic rings. The molecule has 0 saturated heterocycles. The highest BCUT2D eigenvalue weighted by Crippen LogP contribution is 2.14. The Bertz CT molecular complexity index is 337. The van der Waals surface area contributed by atoms with Gasteiger partial charge in [-0.25, -0.2) is 0 Å². The van der Waals surface area contributed by atoms with Crippen LogP contribution in [0.5, 0.6) is 0 Å². The summed E-state index contributed by atoms with van der Waals surface area (Å²) in [6, 6.07) is 9.69. The number of carbonyl (C=O) groups excluding carboxylic acids is 1. The molecule has 1 aromatic carbocycles. The predicted octanol–water partition coefficient (Wildman–Crippen LogP) is 1.89. The van der Waals surface area contributed by atoms with Crippen molar-refractivity contribution in [1.29, 1.82) is 0 Å². The van der Waals surface area contributed by atoms with Crippen LogP contribution in [0.15, 0.2) is 30.3 Å². The molecule has 3 N–H and O–H groups in total. The van der Waals surface area contributed by atoms with E-state index in [1.54, 1.807) is 0 Å². The molecule has 0 bridgehead atoms. The lowest BCUT2D eigenvalue weighted by molar-refractivity contribution is -0.122. The Morgan fingerprint density at radius 1 is 1.35 bits per heavy atom. The first-order valence-corrected chi connectivity index (χ1v) is 6.21. The first-order valence-electron chi connectivity index (χ1n) is 6.21. The molecular weight excluding hydrogens is 212 g/mol. The molecule has 0 heterocycles. The highest BCUT2D eigenvalue weighted by molar-refractivity contribution is 5.83. The minimum Gasteiger partial charge on any atom is -0.355 e. The summed E-state index contributed by atoms with van der Waals surface area (Å²) in [7, 11) is 0. The third-order valence-corrected chi connectivity index (χ3v) is 3.08. The monoisotopic (exact) mass is 234 g/mol. The summed E-state index contributed by atoms with van der Waals surface area (Å²) >= 11 is 0. The molecule has 0 radical (unpaired) electrons. The van der Waals surface area contributed by atoms with E-state index < -0.39 is 0 Å². The maximum atomic E-state index is 12.0. The smallest absolute Gasteiger partial charge is 0.228 e. The fourth-order valence-electron chi connectivity index (χ4n) is 1.62. The van der Waals surface area contributed by atoms with Gasteiger partial charge >= 0.3 is 0 Å². The van der Waals surface area contributed by atoms with Crippen molar-refractivity contribution in [1.82, 2.24) is 5.32 Å². The summed E-state index contributed by atoms with van der Waals surface area (Å²) in [4.78, 5) is 12.0. The average Bonchev–Trinajstić information content (AvgIpc) is 2.38. The van der Waals surface area contributed by atoms with E-state index in [1.807, 2.05) is 30.3 Å². The van der Waals surface area contributed by atoms with E-state index >= 15 is 0 Å². The normalized spacial score (nSPS) is 14.1. The Morgan fingerprint density at radius 3 is 2.53 bits per heavy atom. The van der Waals surface area contributed by atoms with Crippen molar-refractivity contribution >= 4 is 5.91 Å². The van der Waals surface area contributed by atoms with E-state index in [2.05, 4.69) is 19.2 Å².